The highest BCUT2D eigenvalue weighted by molar-refractivity contribution is 7.93. The molecule has 0 atom stereocenters. The number of aryl methyl sites for hydroxylation is 1. The summed E-state index contributed by atoms with van der Waals surface area (Å²) in [7, 11) is -1.26. The zero-order valence-electron chi connectivity index (χ0n) is 16.6. The maximum Gasteiger partial charge on any atom is 0.272 e. The number of benzene rings is 3. The topological polar surface area (TPSA) is 72.9 Å². The fraction of sp³-hybridized carbons (Fsp3) is 0.136. The summed E-state index contributed by atoms with van der Waals surface area (Å²) >= 11 is 6.21. The third kappa shape index (κ3) is 4.27. The van der Waals surface area contributed by atoms with E-state index in [2.05, 4.69) is 0 Å². The Morgan fingerprint density at radius 1 is 0.900 bits per heavy atom. The Morgan fingerprint density at radius 3 is 2.07 bits per heavy atom. The van der Waals surface area contributed by atoms with Crippen LogP contribution in [0.3, 0.4) is 0 Å². The summed E-state index contributed by atoms with van der Waals surface area (Å²) in [6, 6.07) is 16.8. The van der Waals surface area contributed by atoms with Crippen molar-refractivity contribution in [1.29, 1.82) is 0 Å². The van der Waals surface area contributed by atoms with Crippen LogP contribution in [0, 0.1) is 6.92 Å². The molecule has 1 amide bonds. The number of sulfonamides is 1. The van der Waals surface area contributed by atoms with Crippen LogP contribution in [-0.2, 0) is 10.0 Å². The average Bonchev–Trinajstić information content (AvgIpc) is 2.74. The molecule has 6 nitrogen and oxygen atoms in total. The Bertz CT molecular complexity index is 1160. The molecule has 3 rings (SSSR count). The van der Waals surface area contributed by atoms with Crippen molar-refractivity contribution in [3.05, 3.63) is 82.9 Å². The highest BCUT2D eigenvalue weighted by Crippen LogP contribution is 2.33. The van der Waals surface area contributed by atoms with Crippen molar-refractivity contribution < 1.29 is 22.7 Å². The van der Waals surface area contributed by atoms with Crippen molar-refractivity contribution in [2.24, 2.45) is 0 Å². The molecule has 0 fully saturated rings. The van der Waals surface area contributed by atoms with Crippen LogP contribution in [0.5, 0.6) is 11.5 Å². The van der Waals surface area contributed by atoms with Gasteiger partial charge in [-0.25, -0.2) is 8.42 Å². The fourth-order valence-corrected chi connectivity index (χ4v) is 4.47. The van der Waals surface area contributed by atoms with Gasteiger partial charge in [-0.15, -0.1) is 0 Å². The number of nitrogens with zero attached hydrogens (tertiary/aromatic N) is 1. The Morgan fingerprint density at radius 2 is 1.53 bits per heavy atom. The number of carbonyl (C=O) groups excluding carboxylic acids is 1. The first-order chi connectivity index (χ1) is 14.3. The summed E-state index contributed by atoms with van der Waals surface area (Å²) in [4.78, 5) is 13.3. The van der Waals surface area contributed by atoms with Gasteiger partial charge in [0.15, 0.2) is 0 Å². The molecule has 0 aliphatic carbocycles. The van der Waals surface area contributed by atoms with E-state index in [-0.39, 0.29) is 21.2 Å². The van der Waals surface area contributed by atoms with Crippen LogP contribution < -0.4 is 13.8 Å². The summed E-state index contributed by atoms with van der Waals surface area (Å²) in [6.07, 6.45) is 0. The normalized spacial score (nSPS) is 11.1. The van der Waals surface area contributed by atoms with E-state index in [1.165, 1.54) is 56.7 Å². The quantitative estimate of drug-likeness (QED) is 0.549. The monoisotopic (exact) mass is 445 g/mol. The number of hydrogen-bond acceptors (Lipinski definition) is 5. The van der Waals surface area contributed by atoms with Crippen molar-refractivity contribution in [2.75, 3.05) is 18.5 Å². The SMILES string of the molecule is COc1ccc(C(=O)N(c2ccc(OC)c(Cl)c2)S(=O)(=O)c2ccc(C)cc2)cc1. The van der Waals surface area contributed by atoms with Crippen molar-refractivity contribution in [1.82, 2.24) is 0 Å². The Kier molecular flexibility index (Phi) is 6.34. The van der Waals surface area contributed by atoms with Crippen LogP contribution in [-0.4, -0.2) is 28.5 Å². The molecule has 156 valence electrons. The van der Waals surface area contributed by atoms with E-state index in [1.807, 2.05) is 6.92 Å². The van der Waals surface area contributed by atoms with Gasteiger partial charge in [0.1, 0.15) is 11.5 Å². The van der Waals surface area contributed by atoms with Crippen LogP contribution >= 0.6 is 11.6 Å². The van der Waals surface area contributed by atoms with Gasteiger partial charge in [-0.3, -0.25) is 4.79 Å². The minimum Gasteiger partial charge on any atom is -0.497 e. The molecule has 0 spiro atoms. The zero-order valence-corrected chi connectivity index (χ0v) is 18.2. The van der Waals surface area contributed by atoms with Crippen LogP contribution in [0.4, 0.5) is 5.69 Å². The second-order valence-corrected chi connectivity index (χ2v) is 8.63. The van der Waals surface area contributed by atoms with E-state index < -0.39 is 15.9 Å². The molecule has 0 aliphatic heterocycles. The predicted molar refractivity (Wildman–Crippen MR) is 116 cm³/mol. The number of rotatable bonds is 6. The molecular formula is C22H20ClNO5S. The van der Waals surface area contributed by atoms with Gasteiger partial charge >= 0.3 is 0 Å². The van der Waals surface area contributed by atoms with Crippen molar-refractivity contribution in [3.63, 3.8) is 0 Å². The first-order valence-corrected chi connectivity index (χ1v) is 10.7. The number of methoxy groups -OCH3 is 2. The molecule has 0 aliphatic rings. The van der Waals surface area contributed by atoms with Gasteiger partial charge in [0.25, 0.3) is 15.9 Å². The summed E-state index contributed by atoms with van der Waals surface area (Å²) in [5.74, 6) is 0.191. The lowest BCUT2D eigenvalue weighted by Crippen LogP contribution is -2.37. The van der Waals surface area contributed by atoms with Crippen molar-refractivity contribution in [2.45, 2.75) is 11.8 Å². The second kappa shape index (κ2) is 8.77. The minimum absolute atomic E-state index is 0.0121. The van der Waals surface area contributed by atoms with Gasteiger partial charge < -0.3 is 9.47 Å². The van der Waals surface area contributed by atoms with Gasteiger partial charge in [0, 0.05) is 5.56 Å². The third-order valence-electron chi connectivity index (χ3n) is 4.45. The largest absolute Gasteiger partial charge is 0.497 e. The van der Waals surface area contributed by atoms with E-state index in [0.717, 1.165) is 9.87 Å². The highest BCUT2D eigenvalue weighted by Gasteiger charge is 2.32. The van der Waals surface area contributed by atoms with E-state index in [0.29, 0.717) is 11.5 Å². The molecule has 30 heavy (non-hydrogen) atoms. The molecule has 0 aromatic heterocycles. The van der Waals surface area contributed by atoms with E-state index in [9.17, 15) is 13.2 Å². The molecule has 0 heterocycles. The lowest BCUT2D eigenvalue weighted by molar-refractivity contribution is 0.101. The Hall–Kier alpha value is -3.03. The number of anilines is 1. The molecule has 0 saturated heterocycles. The third-order valence-corrected chi connectivity index (χ3v) is 6.47. The molecular weight excluding hydrogens is 426 g/mol. The van der Waals surface area contributed by atoms with Gasteiger partial charge in [0.2, 0.25) is 0 Å². The molecule has 0 radical (unpaired) electrons. The Balaban J connectivity index is 2.16. The van der Waals surface area contributed by atoms with Gasteiger partial charge in [-0.2, -0.15) is 4.31 Å². The molecule has 3 aromatic carbocycles. The zero-order chi connectivity index (χ0) is 21.9. The molecule has 8 heteroatoms. The van der Waals surface area contributed by atoms with Crippen molar-refractivity contribution in [3.8, 4) is 11.5 Å². The first kappa shape index (κ1) is 21.7. The number of halogens is 1. The van der Waals surface area contributed by atoms with Gasteiger partial charge in [0.05, 0.1) is 29.8 Å². The molecule has 0 saturated carbocycles. The van der Waals surface area contributed by atoms with Crippen LogP contribution in [0.25, 0.3) is 0 Å². The maximum absolute atomic E-state index is 13.5. The standard InChI is InChI=1S/C22H20ClNO5S/c1-15-4-11-19(12-5-15)30(26,27)24(17-8-13-21(29-3)20(23)14-17)22(25)16-6-9-18(28-2)10-7-16/h4-14H,1-3H3. The smallest absolute Gasteiger partial charge is 0.272 e. The van der Waals surface area contributed by atoms with Crippen LogP contribution in [0.2, 0.25) is 5.02 Å². The summed E-state index contributed by atoms with van der Waals surface area (Å²) in [6.45, 7) is 1.85. The first-order valence-electron chi connectivity index (χ1n) is 8.92. The summed E-state index contributed by atoms with van der Waals surface area (Å²) < 4.78 is 37.9. The lowest BCUT2D eigenvalue weighted by Gasteiger charge is -2.23. The van der Waals surface area contributed by atoms with Crippen LogP contribution in [0.15, 0.2) is 71.6 Å². The predicted octanol–water partition coefficient (Wildman–Crippen LogP) is 4.70. The number of ether oxygens (including phenoxy) is 2. The average molecular weight is 446 g/mol. The van der Waals surface area contributed by atoms with Crippen LogP contribution in [0.1, 0.15) is 15.9 Å². The Labute approximate surface area is 180 Å². The second-order valence-electron chi connectivity index (χ2n) is 6.43. The van der Waals surface area contributed by atoms with E-state index in [1.54, 1.807) is 24.3 Å². The molecule has 0 unspecified atom stereocenters. The maximum atomic E-state index is 13.5. The van der Waals surface area contributed by atoms with E-state index >= 15 is 0 Å². The van der Waals surface area contributed by atoms with Gasteiger partial charge in [-0.1, -0.05) is 29.3 Å². The molecule has 0 N–H and O–H groups in total. The van der Waals surface area contributed by atoms with Gasteiger partial charge in [-0.05, 0) is 61.5 Å². The molecule has 0 bridgehead atoms. The minimum atomic E-state index is -4.22. The van der Waals surface area contributed by atoms with Crippen molar-refractivity contribution >= 4 is 33.2 Å². The fourth-order valence-electron chi connectivity index (χ4n) is 2.81. The summed E-state index contributed by atoms with van der Waals surface area (Å²) in [5.41, 5.74) is 1.18. The lowest BCUT2D eigenvalue weighted by atomic mass is 10.2. The number of hydrogen-bond donors (Lipinski definition) is 0. The number of amides is 1. The van der Waals surface area contributed by atoms with E-state index in [4.69, 9.17) is 21.1 Å². The number of carbonyl (C=O) groups is 1. The summed E-state index contributed by atoms with van der Waals surface area (Å²) in [5, 5.41) is 0.182. The highest BCUT2D eigenvalue weighted by atomic mass is 35.5. The molecule has 3 aromatic rings.